The summed E-state index contributed by atoms with van der Waals surface area (Å²) in [6, 6.07) is 23.3. The second-order valence-electron chi connectivity index (χ2n) is 5.42. The van der Waals surface area contributed by atoms with Crippen LogP contribution in [0.25, 0.3) is 16.8 Å². The summed E-state index contributed by atoms with van der Waals surface area (Å²) in [5.74, 6) is -0.576. The first-order valence-electron chi connectivity index (χ1n) is 7.55. The van der Waals surface area contributed by atoms with E-state index in [4.69, 9.17) is 4.42 Å². The van der Waals surface area contributed by atoms with Gasteiger partial charge in [0.25, 0.3) is 0 Å². The molecule has 0 aliphatic rings. The molecule has 4 rings (SSSR count). The predicted molar refractivity (Wildman–Crippen MR) is 91.7 cm³/mol. The summed E-state index contributed by atoms with van der Waals surface area (Å²) < 4.78 is 6.83. The Bertz CT molecular complexity index is 1080. The van der Waals surface area contributed by atoms with Gasteiger partial charge in [-0.05, 0) is 30.3 Å². The molecule has 0 radical (unpaired) electrons. The molecule has 4 nitrogen and oxygen atoms in total. The number of para-hydroxylation sites is 1. The normalized spacial score (nSPS) is 10.8. The number of benzene rings is 3. The van der Waals surface area contributed by atoms with E-state index >= 15 is 0 Å². The largest absolute Gasteiger partial charge is 0.424 e. The first kappa shape index (κ1) is 14.2. The molecule has 0 atom stereocenters. The van der Waals surface area contributed by atoms with E-state index in [0.717, 1.165) is 5.69 Å². The van der Waals surface area contributed by atoms with Crippen molar-refractivity contribution < 1.29 is 9.21 Å². The van der Waals surface area contributed by atoms with Crippen LogP contribution in [-0.4, -0.2) is 10.4 Å². The molecule has 0 N–H and O–H groups in total. The maximum absolute atomic E-state index is 12.5. The van der Waals surface area contributed by atoms with Crippen molar-refractivity contribution in [3.8, 4) is 5.69 Å². The number of oxazole rings is 1. The van der Waals surface area contributed by atoms with Gasteiger partial charge in [-0.2, -0.15) is 0 Å². The van der Waals surface area contributed by atoms with Crippen molar-refractivity contribution >= 4 is 16.9 Å². The summed E-state index contributed by atoms with van der Waals surface area (Å²) in [4.78, 5) is 24.7. The van der Waals surface area contributed by atoms with Crippen LogP contribution >= 0.6 is 0 Å². The van der Waals surface area contributed by atoms with Gasteiger partial charge in [0.15, 0.2) is 11.4 Å². The zero-order valence-electron chi connectivity index (χ0n) is 12.7. The highest BCUT2D eigenvalue weighted by molar-refractivity contribution is 6.10. The Labute approximate surface area is 137 Å². The average Bonchev–Trinajstić information content (AvgIpc) is 2.97. The second-order valence-corrected chi connectivity index (χ2v) is 5.42. The number of hydrogen-bond donors (Lipinski definition) is 0. The first-order valence-corrected chi connectivity index (χ1v) is 7.55. The number of rotatable bonds is 3. The van der Waals surface area contributed by atoms with Crippen LogP contribution in [0.2, 0.25) is 0 Å². The lowest BCUT2D eigenvalue weighted by molar-refractivity contribution is 0.103. The van der Waals surface area contributed by atoms with Crippen LogP contribution < -0.4 is 5.76 Å². The molecule has 0 spiro atoms. The number of carbonyl (C=O) groups is 1. The van der Waals surface area contributed by atoms with Crippen molar-refractivity contribution in [2.45, 2.75) is 0 Å². The lowest BCUT2D eigenvalue weighted by atomic mass is 10.0. The molecule has 1 aromatic heterocycles. The van der Waals surface area contributed by atoms with Gasteiger partial charge in [-0.25, -0.2) is 9.36 Å². The monoisotopic (exact) mass is 315 g/mol. The minimum absolute atomic E-state index is 0.104. The van der Waals surface area contributed by atoms with E-state index in [2.05, 4.69) is 0 Å². The van der Waals surface area contributed by atoms with Gasteiger partial charge in [-0.1, -0.05) is 48.5 Å². The SMILES string of the molecule is O=C(c1ccccc1)c1ccc2c(c1)oc(=O)n2-c1ccccc1. The molecule has 0 saturated heterocycles. The molecule has 4 aromatic rings. The Morgan fingerprint density at radius 2 is 1.46 bits per heavy atom. The summed E-state index contributed by atoms with van der Waals surface area (Å²) in [6.45, 7) is 0. The fourth-order valence-electron chi connectivity index (χ4n) is 2.74. The Balaban J connectivity index is 1.84. The Hall–Kier alpha value is -3.40. The maximum Gasteiger partial charge on any atom is 0.424 e. The standard InChI is InChI=1S/C20H13NO3/c22-19(14-7-3-1-4-8-14)15-11-12-17-18(13-15)24-20(23)21(17)16-9-5-2-6-10-16/h1-13H. The highest BCUT2D eigenvalue weighted by Crippen LogP contribution is 2.20. The average molecular weight is 315 g/mol. The number of aromatic nitrogens is 1. The van der Waals surface area contributed by atoms with Crippen LogP contribution in [0.15, 0.2) is 88.1 Å². The van der Waals surface area contributed by atoms with E-state index in [1.807, 2.05) is 48.5 Å². The first-order chi connectivity index (χ1) is 11.7. The molecule has 116 valence electrons. The van der Waals surface area contributed by atoms with E-state index in [0.29, 0.717) is 22.2 Å². The van der Waals surface area contributed by atoms with Crippen molar-refractivity contribution in [2.24, 2.45) is 0 Å². The minimum atomic E-state index is -0.472. The highest BCUT2D eigenvalue weighted by atomic mass is 16.4. The van der Waals surface area contributed by atoms with Gasteiger partial charge in [0.05, 0.1) is 11.2 Å². The molecular weight excluding hydrogens is 302 g/mol. The second kappa shape index (κ2) is 5.66. The van der Waals surface area contributed by atoms with E-state index in [1.54, 1.807) is 30.3 Å². The lowest BCUT2D eigenvalue weighted by Gasteiger charge is -2.03. The zero-order chi connectivity index (χ0) is 16.5. The fourth-order valence-corrected chi connectivity index (χ4v) is 2.74. The van der Waals surface area contributed by atoms with Crippen molar-refractivity contribution in [3.05, 3.63) is 101 Å². The third-order valence-corrected chi connectivity index (χ3v) is 3.89. The topological polar surface area (TPSA) is 52.2 Å². The molecule has 0 fully saturated rings. The summed E-state index contributed by atoms with van der Waals surface area (Å²) in [5.41, 5.74) is 2.84. The van der Waals surface area contributed by atoms with Crippen LogP contribution in [0.3, 0.4) is 0 Å². The van der Waals surface area contributed by atoms with Gasteiger partial charge in [0, 0.05) is 11.1 Å². The van der Waals surface area contributed by atoms with Crippen molar-refractivity contribution in [2.75, 3.05) is 0 Å². The molecule has 24 heavy (non-hydrogen) atoms. The molecular formula is C20H13NO3. The van der Waals surface area contributed by atoms with Gasteiger partial charge >= 0.3 is 5.76 Å². The molecule has 0 unspecified atom stereocenters. The van der Waals surface area contributed by atoms with Gasteiger partial charge < -0.3 is 4.42 Å². The fraction of sp³-hybridized carbons (Fsp3) is 0. The third kappa shape index (κ3) is 2.34. The van der Waals surface area contributed by atoms with Gasteiger partial charge in [0.2, 0.25) is 0 Å². The summed E-state index contributed by atoms with van der Waals surface area (Å²) in [7, 11) is 0. The van der Waals surface area contributed by atoms with Gasteiger partial charge in [-0.15, -0.1) is 0 Å². The Kier molecular flexibility index (Phi) is 3.35. The number of carbonyl (C=O) groups excluding carboxylic acids is 1. The Morgan fingerprint density at radius 1 is 0.792 bits per heavy atom. The molecule has 4 heteroatoms. The molecule has 0 aliphatic heterocycles. The van der Waals surface area contributed by atoms with Crippen molar-refractivity contribution in [1.82, 2.24) is 4.57 Å². The summed E-state index contributed by atoms with van der Waals surface area (Å²) >= 11 is 0. The molecule has 0 aliphatic carbocycles. The maximum atomic E-state index is 12.5. The van der Waals surface area contributed by atoms with Crippen molar-refractivity contribution in [3.63, 3.8) is 0 Å². The lowest BCUT2D eigenvalue weighted by Crippen LogP contribution is -2.11. The number of fused-ring (bicyclic) bond motifs is 1. The number of nitrogens with zero attached hydrogens (tertiary/aromatic N) is 1. The summed E-state index contributed by atoms with van der Waals surface area (Å²) in [6.07, 6.45) is 0. The summed E-state index contributed by atoms with van der Waals surface area (Å²) in [5, 5.41) is 0. The van der Waals surface area contributed by atoms with Crippen LogP contribution in [0.1, 0.15) is 15.9 Å². The molecule has 0 amide bonds. The number of hydrogen-bond acceptors (Lipinski definition) is 3. The van der Waals surface area contributed by atoms with Crippen LogP contribution in [0.4, 0.5) is 0 Å². The molecule has 3 aromatic carbocycles. The quantitative estimate of drug-likeness (QED) is 0.540. The van der Waals surface area contributed by atoms with Gasteiger partial charge in [0.1, 0.15) is 0 Å². The minimum Gasteiger partial charge on any atom is -0.407 e. The van der Waals surface area contributed by atoms with Crippen molar-refractivity contribution in [1.29, 1.82) is 0 Å². The van der Waals surface area contributed by atoms with Crippen LogP contribution in [0, 0.1) is 0 Å². The van der Waals surface area contributed by atoms with E-state index in [9.17, 15) is 9.59 Å². The zero-order valence-corrected chi connectivity index (χ0v) is 12.7. The van der Waals surface area contributed by atoms with E-state index < -0.39 is 5.76 Å². The highest BCUT2D eigenvalue weighted by Gasteiger charge is 2.14. The van der Waals surface area contributed by atoms with Crippen LogP contribution in [0.5, 0.6) is 0 Å². The molecule has 0 bridgehead atoms. The van der Waals surface area contributed by atoms with Crippen LogP contribution in [-0.2, 0) is 0 Å². The van der Waals surface area contributed by atoms with Gasteiger partial charge in [-0.3, -0.25) is 4.79 Å². The molecule has 1 heterocycles. The van der Waals surface area contributed by atoms with E-state index in [1.165, 1.54) is 4.57 Å². The molecule has 0 saturated carbocycles. The predicted octanol–water partition coefficient (Wildman–Crippen LogP) is 3.81. The number of ketones is 1. The smallest absolute Gasteiger partial charge is 0.407 e. The third-order valence-electron chi connectivity index (χ3n) is 3.89. The van der Waals surface area contributed by atoms with E-state index in [-0.39, 0.29) is 5.78 Å². The Morgan fingerprint density at radius 3 is 2.17 bits per heavy atom.